The number of halogens is 1. The van der Waals surface area contributed by atoms with Gasteiger partial charge in [0.25, 0.3) is 0 Å². The van der Waals surface area contributed by atoms with Crippen LogP contribution in [0.1, 0.15) is 5.56 Å². The number of hydrogen-bond acceptors (Lipinski definition) is 5. The molecule has 2 amide bonds. The highest BCUT2D eigenvalue weighted by molar-refractivity contribution is 6.39. The zero-order valence-electron chi connectivity index (χ0n) is 12.6. The summed E-state index contributed by atoms with van der Waals surface area (Å²) in [4.78, 5) is 23.4. The molecule has 0 bridgehead atoms. The van der Waals surface area contributed by atoms with Gasteiger partial charge in [0.2, 0.25) is 0 Å². The van der Waals surface area contributed by atoms with Gasteiger partial charge in [0.15, 0.2) is 0 Å². The molecule has 3 N–H and O–H groups in total. The fourth-order valence-corrected chi connectivity index (χ4v) is 1.90. The number of amides is 2. The number of nitrogens with one attached hydrogen (secondary N) is 2. The number of benzene rings is 2. The predicted octanol–water partition coefficient (Wildman–Crippen LogP) is 2.14. The average molecular weight is 348 g/mol. The molecule has 0 aliphatic heterocycles. The van der Waals surface area contributed by atoms with Crippen LogP contribution in [0, 0.1) is 0 Å². The Morgan fingerprint density at radius 1 is 1.21 bits per heavy atom. The lowest BCUT2D eigenvalue weighted by Gasteiger charge is -2.05. The van der Waals surface area contributed by atoms with E-state index in [4.69, 9.17) is 16.3 Å². The third-order valence-electron chi connectivity index (χ3n) is 2.89. The summed E-state index contributed by atoms with van der Waals surface area (Å²) in [6.07, 6.45) is 1.29. The molecular formula is C16H14ClN3O4. The molecule has 0 aliphatic carbocycles. The summed E-state index contributed by atoms with van der Waals surface area (Å²) in [5.41, 5.74) is 3.06. The van der Waals surface area contributed by atoms with Crippen LogP contribution in [0.3, 0.4) is 0 Å². The second-order valence-corrected chi connectivity index (χ2v) is 5.00. The van der Waals surface area contributed by atoms with Gasteiger partial charge in [-0.15, -0.1) is 0 Å². The number of hydrogen-bond donors (Lipinski definition) is 3. The van der Waals surface area contributed by atoms with Gasteiger partial charge < -0.3 is 15.2 Å². The number of methoxy groups -OCH3 is 1. The summed E-state index contributed by atoms with van der Waals surface area (Å²) < 4.78 is 5.02. The first-order valence-corrected chi connectivity index (χ1v) is 7.14. The molecule has 2 rings (SSSR count). The topological polar surface area (TPSA) is 100 Å². The maximum Gasteiger partial charge on any atom is 0.329 e. The largest absolute Gasteiger partial charge is 0.506 e. The normalized spacial score (nSPS) is 10.4. The van der Waals surface area contributed by atoms with Crippen molar-refractivity contribution in [3.63, 3.8) is 0 Å². The zero-order valence-corrected chi connectivity index (χ0v) is 13.4. The molecule has 0 fully saturated rings. The van der Waals surface area contributed by atoms with Crippen LogP contribution < -0.4 is 15.5 Å². The molecule has 2 aromatic carbocycles. The van der Waals surface area contributed by atoms with E-state index < -0.39 is 11.8 Å². The Labute approximate surface area is 142 Å². The number of carbonyl (C=O) groups is 2. The van der Waals surface area contributed by atoms with Gasteiger partial charge in [-0.25, -0.2) is 5.43 Å². The lowest BCUT2D eigenvalue weighted by molar-refractivity contribution is -0.136. The summed E-state index contributed by atoms with van der Waals surface area (Å²) >= 11 is 5.75. The first-order chi connectivity index (χ1) is 11.5. The Morgan fingerprint density at radius 3 is 2.71 bits per heavy atom. The molecule has 7 nitrogen and oxygen atoms in total. The summed E-state index contributed by atoms with van der Waals surface area (Å²) in [7, 11) is 1.50. The molecule has 2 aromatic rings. The van der Waals surface area contributed by atoms with Crippen molar-refractivity contribution in [2.24, 2.45) is 5.10 Å². The van der Waals surface area contributed by atoms with E-state index in [0.717, 1.165) is 0 Å². The van der Waals surface area contributed by atoms with Crippen molar-refractivity contribution in [2.75, 3.05) is 12.4 Å². The molecule has 8 heteroatoms. The van der Waals surface area contributed by atoms with Crippen molar-refractivity contribution in [3.8, 4) is 11.5 Å². The van der Waals surface area contributed by atoms with Crippen molar-refractivity contribution in [3.05, 3.63) is 53.1 Å². The van der Waals surface area contributed by atoms with Crippen LogP contribution in [0.4, 0.5) is 5.69 Å². The van der Waals surface area contributed by atoms with Crippen molar-refractivity contribution in [1.29, 1.82) is 0 Å². The van der Waals surface area contributed by atoms with Gasteiger partial charge in [-0.3, -0.25) is 9.59 Å². The number of rotatable bonds is 4. The van der Waals surface area contributed by atoms with E-state index in [2.05, 4.69) is 15.8 Å². The van der Waals surface area contributed by atoms with Crippen LogP contribution in [0.5, 0.6) is 11.5 Å². The number of aromatic hydroxyl groups is 1. The van der Waals surface area contributed by atoms with Gasteiger partial charge in [-0.2, -0.15) is 5.10 Å². The minimum absolute atomic E-state index is 0.0597. The Kier molecular flexibility index (Phi) is 5.75. The van der Waals surface area contributed by atoms with Gasteiger partial charge in [-0.1, -0.05) is 17.7 Å². The number of phenolic OH excluding ortho intramolecular Hbond substituents is 1. The number of hydrazone groups is 1. The molecule has 0 unspecified atom stereocenters. The summed E-state index contributed by atoms with van der Waals surface area (Å²) in [6.45, 7) is 0. The quantitative estimate of drug-likeness (QED) is 0.448. The van der Waals surface area contributed by atoms with Gasteiger partial charge in [0.05, 0.1) is 18.3 Å². The van der Waals surface area contributed by atoms with E-state index >= 15 is 0 Å². The van der Waals surface area contributed by atoms with Crippen molar-refractivity contribution < 1.29 is 19.4 Å². The number of anilines is 1. The van der Waals surface area contributed by atoms with Crippen LogP contribution in [-0.2, 0) is 9.59 Å². The first kappa shape index (κ1) is 17.3. The lowest BCUT2D eigenvalue weighted by atomic mass is 10.2. The second kappa shape index (κ2) is 7.98. The summed E-state index contributed by atoms with van der Waals surface area (Å²) in [5, 5.41) is 15.5. The Bertz CT molecular complexity index is 793. The first-order valence-electron chi connectivity index (χ1n) is 6.76. The molecule has 0 radical (unpaired) electrons. The van der Waals surface area contributed by atoms with E-state index in [9.17, 15) is 14.7 Å². The maximum atomic E-state index is 11.8. The minimum Gasteiger partial charge on any atom is -0.506 e. The molecule has 0 saturated heterocycles. The molecule has 0 saturated carbocycles. The molecule has 24 heavy (non-hydrogen) atoms. The van der Waals surface area contributed by atoms with Gasteiger partial charge in [-0.05, 0) is 35.9 Å². The summed E-state index contributed by atoms with van der Waals surface area (Å²) in [5.74, 6) is -1.31. The molecule has 0 heterocycles. The van der Waals surface area contributed by atoms with E-state index in [1.165, 1.54) is 25.5 Å². The number of phenols is 1. The van der Waals surface area contributed by atoms with Gasteiger partial charge in [0, 0.05) is 11.8 Å². The van der Waals surface area contributed by atoms with Gasteiger partial charge >= 0.3 is 11.8 Å². The highest BCUT2D eigenvalue weighted by Crippen LogP contribution is 2.22. The third-order valence-corrected chi connectivity index (χ3v) is 3.19. The molecule has 0 spiro atoms. The maximum absolute atomic E-state index is 11.8. The Hall–Kier alpha value is -3.06. The Balaban J connectivity index is 1.92. The highest BCUT2D eigenvalue weighted by Gasteiger charge is 2.13. The molecule has 124 valence electrons. The van der Waals surface area contributed by atoms with E-state index in [1.807, 2.05) is 0 Å². The van der Waals surface area contributed by atoms with Crippen LogP contribution in [0.25, 0.3) is 0 Å². The predicted molar refractivity (Wildman–Crippen MR) is 90.5 cm³/mol. The fourth-order valence-electron chi connectivity index (χ4n) is 1.71. The van der Waals surface area contributed by atoms with Crippen molar-refractivity contribution >= 4 is 35.3 Å². The molecule has 0 aromatic heterocycles. The molecule has 0 atom stereocenters. The second-order valence-electron chi connectivity index (χ2n) is 4.60. The van der Waals surface area contributed by atoms with Crippen LogP contribution in [-0.4, -0.2) is 30.2 Å². The monoisotopic (exact) mass is 347 g/mol. The minimum atomic E-state index is -0.932. The van der Waals surface area contributed by atoms with E-state index in [0.29, 0.717) is 17.0 Å². The van der Waals surface area contributed by atoms with Gasteiger partial charge in [0.1, 0.15) is 11.5 Å². The van der Waals surface area contributed by atoms with Crippen LogP contribution in [0.15, 0.2) is 47.6 Å². The van der Waals surface area contributed by atoms with E-state index in [-0.39, 0.29) is 10.8 Å². The summed E-state index contributed by atoms with van der Waals surface area (Å²) in [6, 6.07) is 11.0. The standard InChI is InChI=1S/C16H14ClN3O4/c1-24-12-4-2-3-11(8-12)19-15(22)16(23)20-18-9-10-5-6-14(21)13(17)7-10/h2-9,21H,1H3,(H,19,22)(H,20,23)/b18-9-. The molecular weight excluding hydrogens is 334 g/mol. The number of nitrogens with zero attached hydrogens (tertiary/aromatic N) is 1. The average Bonchev–Trinajstić information content (AvgIpc) is 2.58. The number of ether oxygens (including phenoxy) is 1. The SMILES string of the molecule is COc1cccc(NC(=O)C(=O)N/N=C\c2ccc(O)c(Cl)c2)c1. The van der Waals surface area contributed by atoms with E-state index in [1.54, 1.807) is 30.3 Å². The number of carbonyl (C=O) groups excluding carboxylic acids is 2. The van der Waals surface area contributed by atoms with Crippen molar-refractivity contribution in [1.82, 2.24) is 5.43 Å². The zero-order chi connectivity index (χ0) is 17.5. The van der Waals surface area contributed by atoms with Crippen LogP contribution >= 0.6 is 11.6 Å². The van der Waals surface area contributed by atoms with Crippen molar-refractivity contribution in [2.45, 2.75) is 0 Å². The Morgan fingerprint density at radius 2 is 2.00 bits per heavy atom. The van der Waals surface area contributed by atoms with Crippen LogP contribution in [0.2, 0.25) is 5.02 Å². The fraction of sp³-hybridized carbons (Fsp3) is 0.0625. The lowest BCUT2D eigenvalue weighted by Crippen LogP contribution is -2.32. The highest BCUT2D eigenvalue weighted by atomic mass is 35.5. The molecule has 0 aliphatic rings. The third kappa shape index (κ3) is 4.72. The smallest absolute Gasteiger partial charge is 0.329 e.